The Balaban J connectivity index is 2.20. The van der Waals surface area contributed by atoms with Gasteiger partial charge in [0.1, 0.15) is 17.6 Å². The van der Waals surface area contributed by atoms with Crippen LogP contribution >= 0.6 is 0 Å². The van der Waals surface area contributed by atoms with Crippen LogP contribution in [-0.2, 0) is 0 Å². The first-order valence-corrected chi connectivity index (χ1v) is 6.57. The summed E-state index contributed by atoms with van der Waals surface area (Å²) in [5.74, 6) is 0.820. The van der Waals surface area contributed by atoms with E-state index < -0.39 is 0 Å². The highest BCUT2D eigenvalue weighted by Crippen LogP contribution is 2.34. The third-order valence-corrected chi connectivity index (χ3v) is 3.75. The van der Waals surface area contributed by atoms with Crippen LogP contribution in [0.3, 0.4) is 0 Å². The molecule has 0 unspecified atom stereocenters. The van der Waals surface area contributed by atoms with Gasteiger partial charge in [-0.3, -0.25) is 0 Å². The van der Waals surface area contributed by atoms with Gasteiger partial charge in [-0.2, -0.15) is 5.26 Å². The number of hydrogen-bond acceptors (Lipinski definition) is 4. The molecule has 1 fully saturated rings. The van der Waals surface area contributed by atoms with Crippen molar-refractivity contribution >= 4 is 5.82 Å². The maximum atomic E-state index is 9.69. The second-order valence-corrected chi connectivity index (χ2v) is 5.17. The first kappa shape index (κ1) is 13.6. The Kier molecular flexibility index (Phi) is 4.18. The van der Waals surface area contributed by atoms with Crippen molar-refractivity contribution in [2.45, 2.75) is 19.3 Å². The number of nitriles is 1. The van der Waals surface area contributed by atoms with Gasteiger partial charge < -0.3 is 10.0 Å². The molecule has 0 spiro atoms. The second-order valence-electron chi connectivity index (χ2n) is 5.17. The number of aliphatic hydroxyl groups excluding tert-OH is 1. The zero-order valence-electron chi connectivity index (χ0n) is 11.0. The Labute approximate surface area is 114 Å². The molecule has 2 rings (SSSR count). The molecule has 0 aromatic carbocycles. The van der Waals surface area contributed by atoms with Crippen LogP contribution in [0.2, 0.25) is 0 Å². The Morgan fingerprint density at radius 1 is 1.58 bits per heavy atom. The van der Waals surface area contributed by atoms with Gasteiger partial charge in [0.25, 0.3) is 0 Å². The van der Waals surface area contributed by atoms with Crippen molar-refractivity contribution in [3.05, 3.63) is 36.5 Å². The number of aliphatic hydroxyl groups is 1. The summed E-state index contributed by atoms with van der Waals surface area (Å²) in [7, 11) is 0. The highest BCUT2D eigenvalue weighted by Gasteiger charge is 2.34. The number of anilines is 1. The van der Waals surface area contributed by atoms with Crippen molar-refractivity contribution in [3.8, 4) is 6.07 Å². The number of rotatable bonds is 4. The Hall–Kier alpha value is -1.86. The zero-order valence-corrected chi connectivity index (χ0v) is 11.0. The molecule has 0 saturated carbocycles. The molecule has 2 heterocycles. The van der Waals surface area contributed by atoms with E-state index in [9.17, 15) is 5.11 Å². The van der Waals surface area contributed by atoms with Crippen LogP contribution in [0.4, 0.5) is 5.82 Å². The summed E-state index contributed by atoms with van der Waals surface area (Å²) in [5, 5.41) is 18.6. The molecule has 1 aliphatic rings. The van der Waals surface area contributed by atoms with Crippen molar-refractivity contribution in [1.82, 2.24) is 4.98 Å². The van der Waals surface area contributed by atoms with E-state index in [2.05, 4.69) is 22.5 Å². The molecule has 0 amide bonds. The first-order chi connectivity index (χ1) is 9.23. The summed E-state index contributed by atoms with van der Waals surface area (Å²) in [6, 6.07) is 7.54. The molecule has 4 nitrogen and oxygen atoms in total. The predicted molar refractivity (Wildman–Crippen MR) is 74.7 cm³/mol. The van der Waals surface area contributed by atoms with Gasteiger partial charge in [0.05, 0.1) is 6.61 Å². The third kappa shape index (κ3) is 2.94. The van der Waals surface area contributed by atoms with Gasteiger partial charge in [-0.15, -0.1) is 6.58 Å². The van der Waals surface area contributed by atoms with Gasteiger partial charge in [0.2, 0.25) is 0 Å². The molecule has 0 bridgehead atoms. The van der Waals surface area contributed by atoms with Crippen LogP contribution < -0.4 is 4.90 Å². The van der Waals surface area contributed by atoms with Gasteiger partial charge in [0, 0.05) is 18.5 Å². The van der Waals surface area contributed by atoms with Gasteiger partial charge in [-0.05, 0) is 31.4 Å². The van der Waals surface area contributed by atoms with E-state index in [0.717, 1.165) is 38.2 Å². The first-order valence-electron chi connectivity index (χ1n) is 6.57. The standard InChI is InChI=1S/C15H19N3O/c1-2-7-15(12-19)8-4-9-18(11-15)14-6-3-5-13(10-16)17-14/h2-3,5-6,19H,1,4,7-9,11-12H2/t15-/m1/s1. The van der Waals surface area contributed by atoms with Crippen molar-refractivity contribution < 1.29 is 5.11 Å². The summed E-state index contributed by atoms with van der Waals surface area (Å²) in [5.41, 5.74) is 0.311. The lowest BCUT2D eigenvalue weighted by molar-refractivity contribution is 0.108. The van der Waals surface area contributed by atoms with Crippen LogP contribution in [0.1, 0.15) is 25.0 Å². The molecule has 0 radical (unpaired) electrons. The summed E-state index contributed by atoms with van der Waals surface area (Å²) in [4.78, 5) is 6.49. The minimum absolute atomic E-state index is 0.121. The fourth-order valence-corrected chi connectivity index (χ4v) is 2.73. The Morgan fingerprint density at radius 3 is 3.11 bits per heavy atom. The minimum atomic E-state index is -0.121. The molecule has 1 aliphatic heterocycles. The quantitative estimate of drug-likeness (QED) is 0.839. The fourth-order valence-electron chi connectivity index (χ4n) is 2.73. The number of hydrogen-bond donors (Lipinski definition) is 1. The lowest BCUT2D eigenvalue weighted by atomic mass is 9.78. The van der Waals surface area contributed by atoms with Gasteiger partial charge >= 0.3 is 0 Å². The molecule has 4 heteroatoms. The highest BCUT2D eigenvalue weighted by molar-refractivity contribution is 5.42. The molecule has 1 saturated heterocycles. The largest absolute Gasteiger partial charge is 0.396 e. The monoisotopic (exact) mass is 257 g/mol. The molecule has 1 N–H and O–H groups in total. The number of aromatic nitrogens is 1. The van der Waals surface area contributed by atoms with Crippen molar-refractivity contribution in [3.63, 3.8) is 0 Å². The number of piperidine rings is 1. The SMILES string of the molecule is C=CC[C@@]1(CO)CCCN(c2cccc(C#N)n2)C1. The fraction of sp³-hybridized carbons (Fsp3) is 0.467. The van der Waals surface area contributed by atoms with Gasteiger partial charge in [0.15, 0.2) is 0 Å². The molecule has 1 aromatic rings. The predicted octanol–water partition coefficient (Wildman–Crippen LogP) is 2.11. The van der Waals surface area contributed by atoms with Crippen molar-refractivity contribution in [1.29, 1.82) is 5.26 Å². The van der Waals surface area contributed by atoms with Crippen molar-refractivity contribution in [2.24, 2.45) is 5.41 Å². The molecule has 1 atom stereocenters. The molecular formula is C15H19N3O. The maximum Gasteiger partial charge on any atom is 0.142 e. The summed E-state index contributed by atoms with van der Waals surface area (Å²) in [6.45, 7) is 5.62. The lowest BCUT2D eigenvalue weighted by Crippen LogP contribution is -2.45. The zero-order chi connectivity index (χ0) is 13.7. The summed E-state index contributed by atoms with van der Waals surface area (Å²) >= 11 is 0. The molecule has 100 valence electrons. The third-order valence-electron chi connectivity index (χ3n) is 3.75. The number of nitrogens with zero attached hydrogens (tertiary/aromatic N) is 3. The Morgan fingerprint density at radius 2 is 2.42 bits per heavy atom. The Bertz CT molecular complexity index is 494. The maximum absolute atomic E-state index is 9.69. The van der Waals surface area contributed by atoms with E-state index >= 15 is 0 Å². The van der Waals surface area contributed by atoms with Crippen LogP contribution in [-0.4, -0.2) is 29.8 Å². The van der Waals surface area contributed by atoms with E-state index in [4.69, 9.17) is 5.26 Å². The highest BCUT2D eigenvalue weighted by atomic mass is 16.3. The smallest absolute Gasteiger partial charge is 0.142 e. The van der Waals surface area contributed by atoms with Crippen LogP contribution in [0.5, 0.6) is 0 Å². The van der Waals surface area contributed by atoms with E-state index in [1.54, 1.807) is 6.07 Å². The van der Waals surface area contributed by atoms with Crippen LogP contribution in [0.25, 0.3) is 0 Å². The summed E-state index contributed by atoms with van der Waals surface area (Å²) in [6.07, 6.45) is 4.70. The topological polar surface area (TPSA) is 60.1 Å². The molecular weight excluding hydrogens is 238 g/mol. The molecule has 1 aromatic heterocycles. The van der Waals surface area contributed by atoms with E-state index in [-0.39, 0.29) is 12.0 Å². The average Bonchev–Trinajstić information content (AvgIpc) is 2.48. The van der Waals surface area contributed by atoms with Crippen LogP contribution in [0, 0.1) is 16.7 Å². The van der Waals surface area contributed by atoms with E-state index in [1.165, 1.54) is 0 Å². The summed E-state index contributed by atoms with van der Waals surface area (Å²) < 4.78 is 0. The average molecular weight is 257 g/mol. The minimum Gasteiger partial charge on any atom is -0.396 e. The number of pyridine rings is 1. The number of allylic oxidation sites excluding steroid dienone is 1. The van der Waals surface area contributed by atoms with Crippen LogP contribution in [0.15, 0.2) is 30.9 Å². The lowest BCUT2D eigenvalue weighted by Gasteiger charge is -2.42. The second kappa shape index (κ2) is 5.85. The van der Waals surface area contributed by atoms with Crippen molar-refractivity contribution in [2.75, 3.05) is 24.6 Å². The van der Waals surface area contributed by atoms with Gasteiger partial charge in [-0.1, -0.05) is 12.1 Å². The van der Waals surface area contributed by atoms with E-state index in [1.807, 2.05) is 18.2 Å². The molecule has 0 aliphatic carbocycles. The van der Waals surface area contributed by atoms with Gasteiger partial charge in [-0.25, -0.2) is 4.98 Å². The van der Waals surface area contributed by atoms with E-state index in [0.29, 0.717) is 5.69 Å². The normalized spacial score (nSPS) is 22.8. The molecule has 19 heavy (non-hydrogen) atoms.